The van der Waals surface area contributed by atoms with Gasteiger partial charge in [-0.15, -0.1) is 0 Å². The van der Waals surface area contributed by atoms with E-state index < -0.39 is 0 Å². The fourth-order valence-corrected chi connectivity index (χ4v) is 2.50. The molecule has 2 aromatic rings. The van der Waals surface area contributed by atoms with Crippen molar-refractivity contribution in [3.8, 4) is 0 Å². The van der Waals surface area contributed by atoms with Gasteiger partial charge in [-0.25, -0.2) is 0 Å². The highest BCUT2D eigenvalue weighted by molar-refractivity contribution is 6.05. The lowest BCUT2D eigenvalue weighted by Crippen LogP contribution is -2.29. The van der Waals surface area contributed by atoms with Crippen molar-refractivity contribution < 1.29 is 14.4 Å². The Kier molecular flexibility index (Phi) is 7.11. The van der Waals surface area contributed by atoms with E-state index in [0.717, 1.165) is 0 Å². The summed E-state index contributed by atoms with van der Waals surface area (Å²) in [5.41, 5.74) is 1.99. The first-order valence-electron chi connectivity index (χ1n) is 8.89. The first-order valence-corrected chi connectivity index (χ1v) is 8.89. The molecule has 3 N–H and O–H groups in total. The number of Topliss-reactive ketones (excluding diaryl/α,β-unsaturated/α-hetero) is 1. The number of benzene rings is 2. The Morgan fingerprint density at radius 1 is 0.889 bits per heavy atom. The molecule has 0 saturated heterocycles. The van der Waals surface area contributed by atoms with Gasteiger partial charge >= 0.3 is 0 Å². The van der Waals surface area contributed by atoms with E-state index >= 15 is 0 Å². The Hall–Kier alpha value is -3.15. The van der Waals surface area contributed by atoms with E-state index in [9.17, 15) is 14.4 Å². The Balaban J connectivity index is 2.02. The number of hydrogen-bond acceptors (Lipinski definition) is 4. The van der Waals surface area contributed by atoms with Gasteiger partial charge in [-0.05, 0) is 37.1 Å². The summed E-state index contributed by atoms with van der Waals surface area (Å²) >= 11 is 0. The molecule has 6 heteroatoms. The molecule has 0 fully saturated rings. The molecule has 0 aromatic heterocycles. The van der Waals surface area contributed by atoms with Gasteiger partial charge in [0.05, 0.1) is 17.8 Å². The molecule has 0 aliphatic carbocycles. The highest BCUT2D eigenvalue weighted by Crippen LogP contribution is 2.17. The van der Waals surface area contributed by atoms with Gasteiger partial charge in [0.15, 0.2) is 5.78 Å². The minimum absolute atomic E-state index is 0.0216. The molecule has 0 aliphatic rings. The monoisotopic (exact) mass is 367 g/mol. The summed E-state index contributed by atoms with van der Waals surface area (Å²) in [5, 5.41) is 8.57. The smallest absolute Gasteiger partial charge is 0.253 e. The molecular formula is C21H25N3O3. The molecular weight excluding hydrogens is 342 g/mol. The number of carbonyl (C=O) groups excluding carboxylic acids is 3. The predicted octanol–water partition coefficient (Wildman–Crippen LogP) is 3.33. The zero-order valence-electron chi connectivity index (χ0n) is 15.8. The summed E-state index contributed by atoms with van der Waals surface area (Å²) in [5.74, 6) is -0.279. The van der Waals surface area contributed by atoms with E-state index in [-0.39, 0.29) is 24.1 Å². The Morgan fingerprint density at radius 3 is 2.11 bits per heavy atom. The second kappa shape index (κ2) is 9.52. The number of hydrogen-bond donors (Lipinski definition) is 3. The summed E-state index contributed by atoms with van der Waals surface area (Å²) < 4.78 is 0. The molecule has 0 heterocycles. The quantitative estimate of drug-likeness (QED) is 0.625. The van der Waals surface area contributed by atoms with Gasteiger partial charge in [-0.3, -0.25) is 14.4 Å². The third-order valence-electron chi connectivity index (χ3n) is 3.86. The lowest BCUT2D eigenvalue weighted by molar-refractivity contribution is -0.114. The normalized spacial score (nSPS) is 10.4. The van der Waals surface area contributed by atoms with Gasteiger partial charge in [-0.2, -0.15) is 0 Å². The van der Waals surface area contributed by atoms with E-state index in [1.54, 1.807) is 48.5 Å². The van der Waals surface area contributed by atoms with Crippen molar-refractivity contribution in [1.82, 2.24) is 5.32 Å². The van der Waals surface area contributed by atoms with Crippen LogP contribution in [0, 0.1) is 5.92 Å². The third kappa shape index (κ3) is 5.95. The van der Waals surface area contributed by atoms with Crippen molar-refractivity contribution in [2.45, 2.75) is 20.8 Å². The van der Waals surface area contributed by atoms with Crippen LogP contribution < -0.4 is 16.0 Å². The summed E-state index contributed by atoms with van der Waals surface area (Å²) in [4.78, 5) is 36.3. The largest absolute Gasteiger partial charge is 0.376 e. The van der Waals surface area contributed by atoms with Crippen molar-refractivity contribution in [2.24, 2.45) is 5.92 Å². The van der Waals surface area contributed by atoms with Crippen LogP contribution in [0.1, 0.15) is 41.5 Å². The molecule has 0 spiro atoms. The molecule has 142 valence electrons. The van der Waals surface area contributed by atoms with Crippen LogP contribution in [0.3, 0.4) is 0 Å². The number of carbonyl (C=O) groups is 3. The lowest BCUT2D eigenvalue weighted by atomic mass is 10.1. The van der Waals surface area contributed by atoms with Gasteiger partial charge in [0, 0.05) is 17.8 Å². The molecule has 2 amide bonds. The number of para-hydroxylation sites is 2. The summed E-state index contributed by atoms with van der Waals surface area (Å²) in [6.45, 7) is 6.04. The molecule has 0 unspecified atom stereocenters. The standard InChI is InChI=1S/C21H25N3O3/c1-14(2)12-23-21(27)17-9-5-7-11-19(17)24-20(26)13-22-18-10-6-4-8-16(18)15(3)25/h4-11,14,22H,12-13H2,1-3H3,(H,23,27)(H,24,26). The highest BCUT2D eigenvalue weighted by atomic mass is 16.2. The second-order valence-electron chi connectivity index (χ2n) is 6.65. The number of amides is 2. The van der Waals surface area contributed by atoms with Crippen LogP contribution >= 0.6 is 0 Å². The van der Waals surface area contributed by atoms with Crippen molar-refractivity contribution in [1.29, 1.82) is 0 Å². The maximum absolute atomic E-state index is 12.3. The number of ketones is 1. The Morgan fingerprint density at radius 2 is 1.48 bits per heavy atom. The van der Waals surface area contributed by atoms with Crippen LogP contribution in [0.4, 0.5) is 11.4 Å². The van der Waals surface area contributed by atoms with Gasteiger partial charge in [0.25, 0.3) is 5.91 Å². The van der Waals surface area contributed by atoms with Gasteiger partial charge in [-0.1, -0.05) is 38.1 Å². The first kappa shape index (κ1) is 20.2. The Bertz CT molecular complexity index is 831. The lowest BCUT2D eigenvalue weighted by Gasteiger charge is -2.14. The second-order valence-corrected chi connectivity index (χ2v) is 6.65. The topological polar surface area (TPSA) is 87.3 Å². The van der Waals surface area contributed by atoms with Crippen LogP contribution in [-0.2, 0) is 4.79 Å². The van der Waals surface area contributed by atoms with Crippen LogP contribution in [0.15, 0.2) is 48.5 Å². The van der Waals surface area contributed by atoms with Crippen molar-refractivity contribution in [3.63, 3.8) is 0 Å². The van der Waals surface area contributed by atoms with E-state index in [1.165, 1.54) is 6.92 Å². The van der Waals surface area contributed by atoms with Crippen LogP contribution in [0.5, 0.6) is 0 Å². The summed E-state index contributed by atoms with van der Waals surface area (Å²) in [6.07, 6.45) is 0. The fourth-order valence-electron chi connectivity index (χ4n) is 2.50. The fraction of sp³-hybridized carbons (Fsp3) is 0.286. The van der Waals surface area contributed by atoms with Crippen LogP contribution in [-0.4, -0.2) is 30.7 Å². The summed E-state index contributed by atoms with van der Waals surface area (Å²) in [6, 6.07) is 13.9. The molecule has 2 rings (SSSR count). The minimum atomic E-state index is -0.308. The van der Waals surface area contributed by atoms with Crippen LogP contribution in [0.2, 0.25) is 0 Å². The van der Waals surface area contributed by atoms with E-state index in [2.05, 4.69) is 16.0 Å². The maximum atomic E-state index is 12.3. The zero-order valence-corrected chi connectivity index (χ0v) is 15.8. The van der Waals surface area contributed by atoms with E-state index in [4.69, 9.17) is 0 Å². The van der Waals surface area contributed by atoms with Crippen molar-refractivity contribution in [3.05, 3.63) is 59.7 Å². The molecule has 0 bridgehead atoms. The van der Waals surface area contributed by atoms with Crippen molar-refractivity contribution in [2.75, 3.05) is 23.7 Å². The van der Waals surface area contributed by atoms with E-state index in [0.29, 0.717) is 35.0 Å². The first-order chi connectivity index (χ1) is 12.9. The third-order valence-corrected chi connectivity index (χ3v) is 3.86. The van der Waals surface area contributed by atoms with Crippen molar-refractivity contribution >= 4 is 29.0 Å². The van der Waals surface area contributed by atoms with Gasteiger partial charge in [0.2, 0.25) is 5.91 Å². The number of anilines is 2. The molecule has 27 heavy (non-hydrogen) atoms. The van der Waals surface area contributed by atoms with Gasteiger partial charge in [0.1, 0.15) is 0 Å². The molecule has 0 saturated carbocycles. The van der Waals surface area contributed by atoms with Crippen LogP contribution in [0.25, 0.3) is 0 Å². The number of nitrogens with one attached hydrogen (secondary N) is 3. The molecule has 0 aliphatic heterocycles. The average Bonchev–Trinajstić information content (AvgIpc) is 2.65. The zero-order chi connectivity index (χ0) is 19.8. The number of rotatable bonds is 8. The minimum Gasteiger partial charge on any atom is -0.376 e. The van der Waals surface area contributed by atoms with Gasteiger partial charge < -0.3 is 16.0 Å². The molecule has 6 nitrogen and oxygen atoms in total. The molecule has 0 radical (unpaired) electrons. The molecule has 0 atom stereocenters. The maximum Gasteiger partial charge on any atom is 0.253 e. The SMILES string of the molecule is CC(=O)c1ccccc1NCC(=O)Nc1ccccc1C(=O)NCC(C)C. The average molecular weight is 367 g/mol. The van der Waals surface area contributed by atoms with E-state index in [1.807, 2.05) is 13.8 Å². The predicted molar refractivity (Wildman–Crippen MR) is 107 cm³/mol. The Labute approximate surface area is 159 Å². The summed E-state index contributed by atoms with van der Waals surface area (Å²) in [7, 11) is 0. The molecule has 2 aromatic carbocycles. The highest BCUT2D eigenvalue weighted by Gasteiger charge is 2.14.